The van der Waals surface area contributed by atoms with Crippen LogP contribution in [0.25, 0.3) is 0 Å². The topological polar surface area (TPSA) is 36.4 Å². The van der Waals surface area contributed by atoms with Gasteiger partial charge in [0.25, 0.3) is 0 Å². The van der Waals surface area contributed by atoms with E-state index in [0.29, 0.717) is 16.1 Å². The van der Waals surface area contributed by atoms with E-state index in [0.717, 1.165) is 12.1 Å². The summed E-state index contributed by atoms with van der Waals surface area (Å²) in [5, 5.41) is 9.59. The third kappa shape index (κ3) is 2.32. The fourth-order valence-corrected chi connectivity index (χ4v) is 2.96. The predicted octanol–water partition coefficient (Wildman–Crippen LogP) is 2.21. The number of likely N-dealkylation sites (tertiary alicyclic amines) is 1. The maximum atomic E-state index is 9.01. The van der Waals surface area contributed by atoms with Gasteiger partial charge in [-0.2, -0.15) is 0 Å². The summed E-state index contributed by atoms with van der Waals surface area (Å²) in [5.74, 6) is 0. The number of pyridine rings is 1. The van der Waals surface area contributed by atoms with Gasteiger partial charge in [-0.15, -0.1) is 0 Å². The van der Waals surface area contributed by atoms with Crippen LogP contribution in [0.15, 0.2) is 12.3 Å². The Hall–Kier alpha value is -0.640. The summed E-state index contributed by atoms with van der Waals surface area (Å²) in [7, 11) is 0. The second-order valence-corrected chi connectivity index (χ2v) is 5.80. The van der Waals surface area contributed by atoms with E-state index < -0.39 is 0 Å². The first-order valence-electron chi connectivity index (χ1n) is 6.17. The Labute approximate surface area is 106 Å². The predicted molar refractivity (Wildman–Crippen MR) is 66.7 cm³/mol. The van der Waals surface area contributed by atoms with E-state index >= 15 is 0 Å². The second kappa shape index (κ2) is 4.23. The standard InChI is InChI=1S/C13H17ClN2O/c14-11-5-10(6-15-12(11)8-17)7-16-4-3-13(9-16)1-2-13/h5-6,17H,1-4,7-9H2. The van der Waals surface area contributed by atoms with Crippen molar-refractivity contribution in [3.63, 3.8) is 0 Å². The third-order valence-corrected chi connectivity index (χ3v) is 4.33. The van der Waals surface area contributed by atoms with Crippen LogP contribution in [-0.2, 0) is 13.2 Å². The molecule has 1 aromatic rings. The summed E-state index contributed by atoms with van der Waals surface area (Å²) in [5.41, 5.74) is 2.38. The smallest absolute Gasteiger partial charge is 0.0868 e. The molecule has 1 spiro atoms. The highest BCUT2D eigenvalue weighted by Gasteiger charge is 2.47. The van der Waals surface area contributed by atoms with Gasteiger partial charge in [-0.1, -0.05) is 11.6 Å². The lowest BCUT2D eigenvalue weighted by Crippen LogP contribution is -2.20. The van der Waals surface area contributed by atoms with Crippen molar-refractivity contribution < 1.29 is 5.11 Å². The number of nitrogens with zero attached hydrogens (tertiary/aromatic N) is 2. The Balaban J connectivity index is 1.67. The zero-order valence-corrected chi connectivity index (χ0v) is 10.6. The Morgan fingerprint density at radius 2 is 2.24 bits per heavy atom. The molecule has 4 heteroatoms. The van der Waals surface area contributed by atoms with Crippen molar-refractivity contribution in [1.29, 1.82) is 0 Å². The van der Waals surface area contributed by atoms with E-state index in [9.17, 15) is 0 Å². The first-order chi connectivity index (χ1) is 8.21. The summed E-state index contributed by atoms with van der Waals surface area (Å²) >= 11 is 6.04. The number of halogens is 1. The van der Waals surface area contributed by atoms with Gasteiger partial charge < -0.3 is 5.11 Å². The largest absolute Gasteiger partial charge is 0.390 e. The van der Waals surface area contributed by atoms with Crippen LogP contribution in [0, 0.1) is 5.41 Å². The summed E-state index contributed by atoms with van der Waals surface area (Å²) < 4.78 is 0. The van der Waals surface area contributed by atoms with Crippen LogP contribution in [0.2, 0.25) is 5.02 Å². The summed E-state index contributed by atoms with van der Waals surface area (Å²) in [6.45, 7) is 3.26. The molecule has 1 saturated heterocycles. The fraction of sp³-hybridized carbons (Fsp3) is 0.615. The van der Waals surface area contributed by atoms with Gasteiger partial charge in [-0.05, 0) is 42.9 Å². The maximum absolute atomic E-state index is 9.01. The van der Waals surface area contributed by atoms with Crippen LogP contribution in [0.4, 0.5) is 0 Å². The lowest BCUT2D eigenvalue weighted by Gasteiger charge is -2.16. The fourth-order valence-electron chi connectivity index (χ4n) is 2.71. The third-order valence-electron chi connectivity index (χ3n) is 4.00. The van der Waals surface area contributed by atoms with Gasteiger partial charge in [0, 0.05) is 19.3 Å². The zero-order valence-electron chi connectivity index (χ0n) is 9.82. The minimum atomic E-state index is -0.0913. The molecule has 2 aliphatic rings. The first kappa shape index (κ1) is 11.5. The monoisotopic (exact) mass is 252 g/mol. The van der Waals surface area contributed by atoms with Crippen molar-refractivity contribution in [2.24, 2.45) is 5.41 Å². The molecule has 1 aliphatic carbocycles. The van der Waals surface area contributed by atoms with Crippen LogP contribution in [0.3, 0.4) is 0 Å². The van der Waals surface area contributed by atoms with Gasteiger partial charge in [0.05, 0.1) is 17.3 Å². The quantitative estimate of drug-likeness (QED) is 0.896. The molecule has 2 heterocycles. The number of hydrogen-bond donors (Lipinski definition) is 1. The molecule has 1 saturated carbocycles. The zero-order chi connectivity index (χ0) is 11.9. The van der Waals surface area contributed by atoms with Gasteiger partial charge in [-0.3, -0.25) is 9.88 Å². The van der Waals surface area contributed by atoms with E-state index in [4.69, 9.17) is 16.7 Å². The minimum Gasteiger partial charge on any atom is -0.390 e. The van der Waals surface area contributed by atoms with E-state index in [2.05, 4.69) is 9.88 Å². The van der Waals surface area contributed by atoms with Crippen molar-refractivity contribution >= 4 is 11.6 Å². The maximum Gasteiger partial charge on any atom is 0.0868 e. The van der Waals surface area contributed by atoms with Crippen molar-refractivity contribution in [2.75, 3.05) is 13.1 Å². The molecule has 0 unspecified atom stereocenters. The van der Waals surface area contributed by atoms with Crippen LogP contribution < -0.4 is 0 Å². The van der Waals surface area contributed by atoms with Gasteiger partial charge in [0.15, 0.2) is 0 Å². The van der Waals surface area contributed by atoms with Crippen molar-refractivity contribution in [2.45, 2.75) is 32.4 Å². The lowest BCUT2D eigenvalue weighted by molar-refractivity contribution is 0.276. The number of aromatic nitrogens is 1. The van der Waals surface area contributed by atoms with E-state index in [1.807, 2.05) is 12.3 Å². The molecule has 0 atom stereocenters. The average molecular weight is 253 g/mol. The summed E-state index contributed by atoms with van der Waals surface area (Å²) in [6, 6.07) is 1.93. The lowest BCUT2D eigenvalue weighted by atomic mass is 10.1. The molecule has 0 aromatic carbocycles. The summed E-state index contributed by atoms with van der Waals surface area (Å²) in [4.78, 5) is 6.67. The summed E-state index contributed by atoms with van der Waals surface area (Å²) in [6.07, 6.45) is 6.00. The molecule has 3 rings (SSSR count). The molecule has 0 radical (unpaired) electrons. The molecule has 1 aliphatic heterocycles. The number of hydrogen-bond acceptors (Lipinski definition) is 3. The van der Waals surface area contributed by atoms with E-state index in [1.54, 1.807) is 0 Å². The number of rotatable bonds is 3. The SMILES string of the molecule is OCc1ncc(CN2CCC3(CC3)C2)cc1Cl. The van der Waals surface area contributed by atoms with Gasteiger partial charge in [0.2, 0.25) is 0 Å². The average Bonchev–Trinajstić information content (AvgIpc) is 2.94. The van der Waals surface area contributed by atoms with Crippen LogP contribution >= 0.6 is 11.6 Å². The molecule has 1 N–H and O–H groups in total. The molecular formula is C13H17ClN2O. The van der Waals surface area contributed by atoms with E-state index in [1.165, 1.54) is 32.4 Å². The van der Waals surface area contributed by atoms with Gasteiger partial charge in [-0.25, -0.2) is 0 Å². The number of aliphatic hydroxyl groups excluding tert-OH is 1. The molecule has 2 fully saturated rings. The second-order valence-electron chi connectivity index (χ2n) is 5.39. The highest BCUT2D eigenvalue weighted by atomic mass is 35.5. The molecule has 3 nitrogen and oxygen atoms in total. The van der Waals surface area contributed by atoms with E-state index in [-0.39, 0.29) is 6.61 Å². The number of aliphatic hydroxyl groups is 1. The highest BCUT2D eigenvalue weighted by molar-refractivity contribution is 6.31. The Morgan fingerprint density at radius 3 is 2.82 bits per heavy atom. The van der Waals surface area contributed by atoms with Crippen molar-refractivity contribution in [3.05, 3.63) is 28.5 Å². The molecule has 92 valence electrons. The molecule has 0 bridgehead atoms. The normalized spacial score (nSPS) is 22.2. The van der Waals surface area contributed by atoms with Crippen LogP contribution in [0.1, 0.15) is 30.5 Å². The Kier molecular flexibility index (Phi) is 2.85. The van der Waals surface area contributed by atoms with Crippen LogP contribution in [0.5, 0.6) is 0 Å². The van der Waals surface area contributed by atoms with Crippen LogP contribution in [-0.4, -0.2) is 28.1 Å². The molecule has 0 amide bonds. The first-order valence-corrected chi connectivity index (χ1v) is 6.55. The Bertz CT molecular complexity index is 431. The van der Waals surface area contributed by atoms with Crippen molar-refractivity contribution in [1.82, 2.24) is 9.88 Å². The van der Waals surface area contributed by atoms with Crippen molar-refractivity contribution in [3.8, 4) is 0 Å². The molecule has 17 heavy (non-hydrogen) atoms. The highest BCUT2D eigenvalue weighted by Crippen LogP contribution is 2.52. The molecular weight excluding hydrogens is 236 g/mol. The molecule has 1 aromatic heterocycles. The van der Waals surface area contributed by atoms with Gasteiger partial charge >= 0.3 is 0 Å². The van der Waals surface area contributed by atoms with Gasteiger partial charge in [0.1, 0.15) is 0 Å². The minimum absolute atomic E-state index is 0.0913. The Morgan fingerprint density at radius 1 is 1.41 bits per heavy atom.